The number of hydrogen-bond acceptors (Lipinski definition) is 7. The molecule has 1 aliphatic heterocycles. The smallest absolute Gasteiger partial charge is 0.331 e. The van der Waals surface area contributed by atoms with Crippen molar-refractivity contribution in [2.45, 2.75) is 13.5 Å². The van der Waals surface area contributed by atoms with Crippen molar-refractivity contribution >= 4 is 52.4 Å². The van der Waals surface area contributed by atoms with Crippen LogP contribution in [0.15, 0.2) is 66.0 Å². The van der Waals surface area contributed by atoms with Gasteiger partial charge < -0.3 is 14.5 Å². The number of para-hydroxylation sites is 2. The van der Waals surface area contributed by atoms with E-state index in [2.05, 4.69) is 5.10 Å². The van der Waals surface area contributed by atoms with E-state index < -0.39 is 18.4 Å². The molecular formula is C27H23Cl2N5O3. The molecule has 2 heterocycles. The maximum absolute atomic E-state index is 12.8. The largest absolute Gasteiger partial charge is 0.454 e. The SMILES string of the molecule is Cc1nn(Cc2ccccc2Cl)c(Cl)c1C=CC(=O)OCC(=O)C(C#N)=C1N(C)c2ccccc2N1C. The number of aryl methyl sites for hydroxylation is 1. The van der Waals surface area contributed by atoms with E-state index in [1.165, 1.54) is 12.2 Å². The minimum atomic E-state index is -0.749. The molecule has 188 valence electrons. The molecule has 0 N–H and O–H groups in total. The second kappa shape index (κ2) is 10.9. The summed E-state index contributed by atoms with van der Waals surface area (Å²) in [5, 5.41) is 15.1. The Morgan fingerprint density at radius 3 is 2.30 bits per heavy atom. The number of rotatable bonds is 7. The van der Waals surface area contributed by atoms with Gasteiger partial charge in [-0.1, -0.05) is 53.5 Å². The average molecular weight is 536 g/mol. The molecule has 0 spiro atoms. The van der Waals surface area contributed by atoms with Crippen LogP contribution in [0.3, 0.4) is 0 Å². The van der Waals surface area contributed by atoms with Crippen molar-refractivity contribution in [3.8, 4) is 6.07 Å². The third-order valence-electron chi connectivity index (χ3n) is 5.97. The quantitative estimate of drug-likeness (QED) is 0.239. The van der Waals surface area contributed by atoms with Crippen LogP contribution in [0.1, 0.15) is 16.8 Å². The predicted octanol–water partition coefficient (Wildman–Crippen LogP) is 4.99. The average Bonchev–Trinajstić information content (AvgIpc) is 3.30. The molecule has 8 nitrogen and oxygen atoms in total. The third kappa shape index (κ3) is 5.24. The van der Waals surface area contributed by atoms with Crippen LogP contribution < -0.4 is 9.80 Å². The molecule has 1 aromatic heterocycles. The number of benzene rings is 2. The number of anilines is 2. The van der Waals surface area contributed by atoms with E-state index in [4.69, 9.17) is 27.9 Å². The van der Waals surface area contributed by atoms with Gasteiger partial charge in [0.2, 0.25) is 5.78 Å². The summed E-state index contributed by atoms with van der Waals surface area (Å²) in [5.41, 5.74) is 3.64. The zero-order valence-electron chi connectivity index (χ0n) is 20.4. The first-order valence-corrected chi connectivity index (χ1v) is 12.0. The Kier molecular flexibility index (Phi) is 7.67. The number of ether oxygens (including phenoxy) is 1. The van der Waals surface area contributed by atoms with Gasteiger partial charge in [0.15, 0.2) is 6.61 Å². The molecule has 3 aromatic rings. The third-order valence-corrected chi connectivity index (χ3v) is 6.74. The molecule has 0 saturated carbocycles. The van der Waals surface area contributed by atoms with E-state index in [1.807, 2.05) is 48.5 Å². The first-order chi connectivity index (χ1) is 17.7. The number of fused-ring (bicyclic) bond motifs is 1. The monoisotopic (exact) mass is 535 g/mol. The Bertz CT molecular complexity index is 1450. The first kappa shape index (κ1) is 26.0. The molecule has 37 heavy (non-hydrogen) atoms. The van der Waals surface area contributed by atoms with E-state index in [1.54, 1.807) is 41.6 Å². The standard InChI is InChI=1S/C27H23Cl2N5O3/c1-17-19(26(29)34(31-17)15-18-8-4-5-9-21(18)28)12-13-25(36)37-16-24(35)20(14-30)27-32(2)22-10-6-7-11-23(22)33(27)3/h4-13H,15-16H2,1-3H3. The minimum absolute atomic E-state index is 0.0993. The summed E-state index contributed by atoms with van der Waals surface area (Å²) >= 11 is 12.7. The van der Waals surface area contributed by atoms with Crippen molar-refractivity contribution in [3.05, 3.63) is 93.0 Å². The van der Waals surface area contributed by atoms with Crippen LogP contribution in [0, 0.1) is 18.3 Å². The number of carbonyl (C=O) groups excluding carboxylic acids is 2. The van der Waals surface area contributed by atoms with Crippen LogP contribution in [-0.2, 0) is 20.9 Å². The Morgan fingerprint density at radius 1 is 1.05 bits per heavy atom. The van der Waals surface area contributed by atoms with E-state index in [0.29, 0.717) is 33.8 Å². The maximum atomic E-state index is 12.8. The Hall–Kier alpha value is -4.06. The summed E-state index contributed by atoms with van der Waals surface area (Å²) in [6.07, 6.45) is 2.66. The fourth-order valence-corrected chi connectivity index (χ4v) is 4.61. The first-order valence-electron chi connectivity index (χ1n) is 11.3. The predicted molar refractivity (Wildman–Crippen MR) is 143 cm³/mol. The van der Waals surface area contributed by atoms with Gasteiger partial charge >= 0.3 is 5.97 Å². The molecule has 0 atom stereocenters. The molecule has 0 radical (unpaired) electrons. The van der Waals surface area contributed by atoms with Crippen LogP contribution in [0.25, 0.3) is 6.08 Å². The van der Waals surface area contributed by atoms with Crippen LogP contribution >= 0.6 is 23.2 Å². The summed E-state index contributed by atoms with van der Waals surface area (Å²) in [7, 11) is 3.55. The lowest BCUT2D eigenvalue weighted by atomic mass is 10.2. The number of hydrogen-bond donors (Lipinski definition) is 0. The van der Waals surface area contributed by atoms with Crippen LogP contribution in [0.4, 0.5) is 11.4 Å². The fourth-order valence-electron chi connectivity index (χ4n) is 4.11. The lowest BCUT2D eigenvalue weighted by molar-refractivity contribution is -0.141. The lowest BCUT2D eigenvalue weighted by Crippen LogP contribution is -2.27. The number of ketones is 1. The number of esters is 1. The summed E-state index contributed by atoms with van der Waals surface area (Å²) in [6, 6.07) is 16.9. The van der Waals surface area contributed by atoms with Gasteiger partial charge in [0.05, 0.1) is 23.6 Å². The van der Waals surface area contributed by atoms with Crippen molar-refractivity contribution in [1.29, 1.82) is 5.26 Å². The lowest BCUT2D eigenvalue weighted by Gasteiger charge is -2.19. The molecule has 0 saturated heterocycles. The molecule has 2 aromatic carbocycles. The zero-order chi connectivity index (χ0) is 26.7. The highest BCUT2D eigenvalue weighted by Gasteiger charge is 2.31. The van der Waals surface area contributed by atoms with E-state index in [0.717, 1.165) is 16.9 Å². The second-order valence-electron chi connectivity index (χ2n) is 8.32. The van der Waals surface area contributed by atoms with Crippen molar-refractivity contribution in [2.75, 3.05) is 30.5 Å². The summed E-state index contributed by atoms with van der Waals surface area (Å²) in [5.74, 6) is -0.928. The van der Waals surface area contributed by atoms with E-state index in [9.17, 15) is 14.9 Å². The Labute approximate surface area is 224 Å². The molecular weight excluding hydrogens is 513 g/mol. The molecule has 10 heteroatoms. The summed E-state index contributed by atoms with van der Waals surface area (Å²) in [4.78, 5) is 28.7. The van der Waals surface area contributed by atoms with Gasteiger partial charge in [-0.2, -0.15) is 10.4 Å². The summed E-state index contributed by atoms with van der Waals surface area (Å²) < 4.78 is 6.72. The van der Waals surface area contributed by atoms with Crippen molar-refractivity contribution < 1.29 is 14.3 Å². The molecule has 0 fully saturated rings. The second-order valence-corrected chi connectivity index (χ2v) is 9.09. The van der Waals surface area contributed by atoms with Crippen LogP contribution in [0.5, 0.6) is 0 Å². The number of nitrogens with zero attached hydrogens (tertiary/aromatic N) is 5. The van der Waals surface area contributed by atoms with Gasteiger partial charge in [-0.25, -0.2) is 9.48 Å². The fraction of sp³-hybridized carbons (Fsp3) is 0.185. The number of halogens is 2. The van der Waals surface area contributed by atoms with E-state index in [-0.39, 0.29) is 5.57 Å². The van der Waals surface area contributed by atoms with Crippen molar-refractivity contribution in [2.24, 2.45) is 0 Å². The van der Waals surface area contributed by atoms with Gasteiger partial charge in [0, 0.05) is 30.8 Å². The van der Waals surface area contributed by atoms with Gasteiger partial charge in [0.25, 0.3) is 0 Å². The number of Topliss-reactive ketones (excluding diaryl/α,β-unsaturated/α-hetero) is 1. The van der Waals surface area contributed by atoms with Crippen LogP contribution in [0.2, 0.25) is 10.2 Å². The highest BCUT2D eigenvalue weighted by atomic mass is 35.5. The van der Waals surface area contributed by atoms with Crippen molar-refractivity contribution in [3.63, 3.8) is 0 Å². The zero-order valence-corrected chi connectivity index (χ0v) is 21.9. The Morgan fingerprint density at radius 2 is 1.68 bits per heavy atom. The molecule has 0 unspecified atom stereocenters. The number of nitriles is 1. The Balaban J connectivity index is 1.43. The number of carbonyl (C=O) groups is 2. The van der Waals surface area contributed by atoms with Gasteiger partial charge in [-0.15, -0.1) is 0 Å². The minimum Gasteiger partial charge on any atom is -0.454 e. The molecule has 0 amide bonds. The maximum Gasteiger partial charge on any atom is 0.331 e. The van der Waals surface area contributed by atoms with Crippen molar-refractivity contribution in [1.82, 2.24) is 9.78 Å². The van der Waals surface area contributed by atoms with Gasteiger partial charge in [-0.3, -0.25) is 4.79 Å². The van der Waals surface area contributed by atoms with Gasteiger partial charge in [0.1, 0.15) is 22.6 Å². The molecule has 1 aliphatic rings. The van der Waals surface area contributed by atoms with E-state index >= 15 is 0 Å². The highest BCUT2D eigenvalue weighted by molar-refractivity contribution is 6.32. The topological polar surface area (TPSA) is 91.5 Å². The highest BCUT2D eigenvalue weighted by Crippen LogP contribution is 2.40. The number of aromatic nitrogens is 2. The molecule has 4 rings (SSSR count). The molecule has 0 aliphatic carbocycles. The van der Waals surface area contributed by atoms with Gasteiger partial charge in [-0.05, 0) is 36.8 Å². The summed E-state index contributed by atoms with van der Waals surface area (Å²) in [6.45, 7) is 1.55. The normalized spacial score (nSPS) is 12.6. The van der Waals surface area contributed by atoms with Crippen LogP contribution in [-0.4, -0.2) is 42.2 Å². The molecule has 0 bridgehead atoms.